The molecule has 0 saturated heterocycles. The van der Waals surface area contributed by atoms with E-state index in [1.807, 2.05) is 0 Å². The second-order valence-corrected chi connectivity index (χ2v) is 10.1. The van der Waals surface area contributed by atoms with Crippen LogP contribution in [0.5, 0.6) is 17.2 Å². The van der Waals surface area contributed by atoms with Crippen molar-refractivity contribution in [2.24, 2.45) is 11.8 Å². The predicted molar refractivity (Wildman–Crippen MR) is 155 cm³/mol. The highest BCUT2D eigenvalue weighted by molar-refractivity contribution is 5.91. The van der Waals surface area contributed by atoms with Crippen LogP contribution in [0.2, 0.25) is 0 Å². The number of hydrogen-bond donors (Lipinski definition) is 0. The Morgan fingerprint density at radius 1 is 0.634 bits per heavy atom. The molecule has 1 fully saturated rings. The summed E-state index contributed by atoms with van der Waals surface area (Å²) in [7, 11) is 0. The summed E-state index contributed by atoms with van der Waals surface area (Å²) in [5.74, 6) is 1.52. The van der Waals surface area contributed by atoms with Crippen molar-refractivity contribution in [3.63, 3.8) is 0 Å². The zero-order valence-corrected chi connectivity index (χ0v) is 23.6. The van der Waals surface area contributed by atoms with Crippen LogP contribution in [-0.4, -0.2) is 44.3 Å². The number of rotatable bonds is 17. The lowest BCUT2D eigenvalue weighted by Gasteiger charge is -2.28. The van der Waals surface area contributed by atoms with Crippen LogP contribution in [0.3, 0.4) is 0 Å². The smallest absolute Gasteiger partial charge is 0.343 e. The fourth-order valence-corrected chi connectivity index (χ4v) is 4.47. The predicted octanol–water partition coefficient (Wildman–Crippen LogP) is 6.49. The number of carbonyl (C=O) groups excluding carboxylic acids is 3. The maximum atomic E-state index is 12.6. The summed E-state index contributed by atoms with van der Waals surface area (Å²) >= 11 is 0. The molecule has 0 aromatic heterocycles. The quantitative estimate of drug-likeness (QED) is 0.0931. The lowest BCUT2D eigenvalue weighted by molar-refractivity contribution is -0.139. The first-order chi connectivity index (χ1) is 20.0. The Morgan fingerprint density at radius 2 is 1.15 bits per heavy atom. The van der Waals surface area contributed by atoms with Gasteiger partial charge in [-0.3, -0.25) is 0 Å². The molecule has 1 aliphatic rings. The number of carbonyl (C=O) groups is 3. The van der Waals surface area contributed by atoms with E-state index in [4.69, 9.17) is 23.7 Å². The molecule has 220 valence electrons. The van der Waals surface area contributed by atoms with Crippen molar-refractivity contribution in [3.05, 3.63) is 79.4 Å². The minimum Gasteiger partial charge on any atom is -0.494 e. The van der Waals surface area contributed by atoms with E-state index in [-0.39, 0.29) is 5.97 Å². The number of unbranched alkanes of at least 4 members (excludes halogenated alkanes) is 3. The lowest BCUT2D eigenvalue weighted by atomic mass is 9.83. The number of esters is 3. The van der Waals surface area contributed by atoms with E-state index in [0.29, 0.717) is 55.3 Å². The molecule has 0 aliphatic heterocycles. The standard InChI is InChI=1S/C33H40O8/c1-3-31(34)38-22-8-6-5-7-21-37-28-15-13-27(14-16-28)33(36)41-30-19-17-29(18-20-30)39-23-25-9-11-26(12-10-25)24-40-32(35)4-2/h3-4,13-20,25-26H,1-2,5-12,21-24H2. The Kier molecular flexibility index (Phi) is 13.5. The molecule has 0 heterocycles. The van der Waals surface area contributed by atoms with E-state index in [0.717, 1.165) is 63.2 Å². The minimum atomic E-state index is -0.446. The van der Waals surface area contributed by atoms with Crippen molar-refractivity contribution in [1.29, 1.82) is 0 Å². The van der Waals surface area contributed by atoms with Crippen molar-refractivity contribution in [2.45, 2.75) is 51.4 Å². The molecule has 8 heteroatoms. The monoisotopic (exact) mass is 564 g/mol. The SMILES string of the molecule is C=CC(=O)OCCCCCCOc1ccc(C(=O)Oc2ccc(OCC3CCC(COC(=O)C=C)CC3)cc2)cc1. The average molecular weight is 565 g/mol. The van der Waals surface area contributed by atoms with Crippen molar-refractivity contribution in [1.82, 2.24) is 0 Å². The Balaban J connectivity index is 1.30. The van der Waals surface area contributed by atoms with E-state index in [1.54, 1.807) is 48.5 Å². The molecule has 41 heavy (non-hydrogen) atoms. The average Bonchev–Trinajstić information content (AvgIpc) is 3.01. The molecule has 1 saturated carbocycles. The molecule has 2 aromatic rings. The molecule has 0 N–H and O–H groups in total. The van der Waals surface area contributed by atoms with Crippen LogP contribution in [0.1, 0.15) is 61.7 Å². The summed E-state index contributed by atoms with van der Waals surface area (Å²) in [5, 5.41) is 0. The molecule has 0 spiro atoms. The minimum absolute atomic E-state index is 0.366. The number of hydrogen-bond acceptors (Lipinski definition) is 8. The molecule has 1 aliphatic carbocycles. The van der Waals surface area contributed by atoms with Crippen molar-refractivity contribution in [2.75, 3.05) is 26.4 Å². The highest BCUT2D eigenvalue weighted by Crippen LogP contribution is 2.30. The summed E-state index contributed by atoms with van der Waals surface area (Å²) in [6, 6.07) is 13.9. The van der Waals surface area contributed by atoms with Crippen LogP contribution in [0.4, 0.5) is 0 Å². The molecular formula is C33H40O8. The molecule has 0 atom stereocenters. The van der Waals surface area contributed by atoms with Gasteiger partial charge in [0.05, 0.1) is 32.0 Å². The van der Waals surface area contributed by atoms with Crippen LogP contribution < -0.4 is 14.2 Å². The van der Waals surface area contributed by atoms with Crippen LogP contribution in [0, 0.1) is 11.8 Å². The van der Waals surface area contributed by atoms with Gasteiger partial charge in [0.2, 0.25) is 0 Å². The summed E-state index contributed by atoms with van der Waals surface area (Å²) < 4.78 is 27.3. The Hall–Kier alpha value is -4.07. The molecule has 0 bridgehead atoms. The van der Waals surface area contributed by atoms with Crippen LogP contribution in [-0.2, 0) is 19.1 Å². The maximum absolute atomic E-state index is 12.6. The van der Waals surface area contributed by atoms with Crippen LogP contribution in [0.25, 0.3) is 0 Å². The zero-order chi connectivity index (χ0) is 29.3. The van der Waals surface area contributed by atoms with E-state index in [9.17, 15) is 14.4 Å². The largest absolute Gasteiger partial charge is 0.494 e. The Bertz CT molecular complexity index is 1110. The second kappa shape index (κ2) is 17.6. The molecule has 0 amide bonds. The molecule has 0 radical (unpaired) electrons. The summed E-state index contributed by atoms with van der Waals surface area (Å²) in [6.07, 6.45) is 10.1. The first-order valence-electron chi connectivity index (χ1n) is 14.2. The van der Waals surface area contributed by atoms with Gasteiger partial charge in [0.25, 0.3) is 0 Å². The fraction of sp³-hybridized carbons (Fsp3) is 0.424. The normalized spacial score (nSPS) is 16.2. The Morgan fingerprint density at radius 3 is 1.78 bits per heavy atom. The Labute approximate surface area is 242 Å². The van der Waals surface area contributed by atoms with E-state index in [2.05, 4.69) is 13.2 Å². The lowest BCUT2D eigenvalue weighted by Crippen LogP contribution is -2.23. The van der Waals surface area contributed by atoms with E-state index < -0.39 is 11.9 Å². The van der Waals surface area contributed by atoms with Gasteiger partial charge >= 0.3 is 17.9 Å². The summed E-state index contributed by atoms with van der Waals surface area (Å²) in [6.45, 7) is 8.83. The molecule has 2 aromatic carbocycles. The number of ether oxygens (including phenoxy) is 5. The molecule has 8 nitrogen and oxygen atoms in total. The molecule has 0 unspecified atom stereocenters. The molecular weight excluding hydrogens is 524 g/mol. The second-order valence-electron chi connectivity index (χ2n) is 10.1. The topological polar surface area (TPSA) is 97.4 Å². The van der Waals surface area contributed by atoms with Crippen LogP contribution >= 0.6 is 0 Å². The highest BCUT2D eigenvalue weighted by atomic mass is 16.5. The van der Waals surface area contributed by atoms with Gasteiger partial charge in [-0.05, 0) is 112 Å². The third-order valence-electron chi connectivity index (χ3n) is 6.92. The van der Waals surface area contributed by atoms with Gasteiger partial charge < -0.3 is 23.7 Å². The van der Waals surface area contributed by atoms with Gasteiger partial charge in [0.1, 0.15) is 17.2 Å². The molecule has 3 rings (SSSR count). The third kappa shape index (κ3) is 11.9. The van der Waals surface area contributed by atoms with Crippen molar-refractivity contribution >= 4 is 17.9 Å². The van der Waals surface area contributed by atoms with Gasteiger partial charge in [-0.2, -0.15) is 0 Å². The van der Waals surface area contributed by atoms with E-state index >= 15 is 0 Å². The first-order valence-corrected chi connectivity index (χ1v) is 14.2. The van der Waals surface area contributed by atoms with Crippen LogP contribution in [0.15, 0.2) is 73.8 Å². The van der Waals surface area contributed by atoms with Gasteiger partial charge in [0, 0.05) is 12.2 Å². The summed E-state index contributed by atoms with van der Waals surface area (Å²) in [4.78, 5) is 34.8. The highest BCUT2D eigenvalue weighted by Gasteiger charge is 2.22. The third-order valence-corrected chi connectivity index (χ3v) is 6.92. The maximum Gasteiger partial charge on any atom is 0.343 e. The fourth-order valence-electron chi connectivity index (χ4n) is 4.47. The van der Waals surface area contributed by atoms with Gasteiger partial charge in [-0.25, -0.2) is 14.4 Å². The zero-order valence-electron chi connectivity index (χ0n) is 23.6. The van der Waals surface area contributed by atoms with Gasteiger partial charge in [-0.1, -0.05) is 13.2 Å². The van der Waals surface area contributed by atoms with Crippen molar-refractivity contribution < 1.29 is 38.1 Å². The van der Waals surface area contributed by atoms with Gasteiger partial charge in [-0.15, -0.1) is 0 Å². The number of benzene rings is 2. The first kappa shape index (κ1) is 31.5. The van der Waals surface area contributed by atoms with E-state index in [1.165, 1.54) is 6.08 Å². The summed E-state index contributed by atoms with van der Waals surface area (Å²) in [5.41, 5.74) is 0.432. The van der Waals surface area contributed by atoms with Gasteiger partial charge in [0.15, 0.2) is 0 Å². The van der Waals surface area contributed by atoms with Crippen molar-refractivity contribution in [3.8, 4) is 17.2 Å².